The molecule has 2 N–H and O–H groups in total. The molecule has 1 heterocycles. The third-order valence-electron chi connectivity index (χ3n) is 2.81. The third kappa shape index (κ3) is 3.57. The molecule has 0 radical (unpaired) electrons. The second-order valence-electron chi connectivity index (χ2n) is 4.12. The SMILES string of the molecule is O=C(NCC1=CCNCC1)c1ccc(Br)cc1Cl. The molecule has 0 bridgehead atoms. The maximum absolute atomic E-state index is 12.0. The van der Waals surface area contributed by atoms with Gasteiger partial charge in [-0.1, -0.05) is 39.2 Å². The Kier molecular flexibility index (Phi) is 4.80. The van der Waals surface area contributed by atoms with Gasteiger partial charge in [0.15, 0.2) is 0 Å². The van der Waals surface area contributed by atoms with Gasteiger partial charge in [0.25, 0.3) is 5.91 Å². The van der Waals surface area contributed by atoms with Gasteiger partial charge in [0, 0.05) is 17.6 Å². The van der Waals surface area contributed by atoms with E-state index in [1.165, 1.54) is 5.57 Å². The molecular formula is C13H14BrClN2O. The number of carbonyl (C=O) groups is 1. The first-order chi connectivity index (χ1) is 8.66. The average Bonchev–Trinajstić information content (AvgIpc) is 2.37. The van der Waals surface area contributed by atoms with Gasteiger partial charge in [-0.2, -0.15) is 0 Å². The lowest BCUT2D eigenvalue weighted by atomic mass is 10.1. The predicted molar refractivity (Wildman–Crippen MR) is 77.1 cm³/mol. The summed E-state index contributed by atoms with van der Waals surface area (Å²) in [5.74, 6) is -0.132. The fourth-order valence-electron chi connectivity index (χ4n) is 1.79. The van der Waals surface area contributed by atoms with E-state index in [1.54, 1.807) is 12.1 Å². The first-order valence-corrected chi connectivity index (χ1v) is 6.96. The molecule has 0 atom stereocenters. The minimum atomic E-state index is -0.132. The zero-order valence-electron chi connectivity index (χ0n) is 9.80. The number of hydrogen-bond acceptors (Lipinski definition) is 2. The van der Waals surface area contributed by atoms with E-state index in [4.69, 9.17) is 11.6 Å². The van der Waals surface area contributed by atoms with E-state index in [1.807, 2.05) is 6.07 Å². The van der Waals surface area contributed by atoms with E-state index in [0.717, 1.165) is 24.0 Å². The Bertz CT molecular complexity index is 488. The molecule has 0 aromatic heterocycles. The lowest BCUT2D eigenvalue weighted by molar-refractivity contribution is 0.0957. The van der Waals surface area contributed by atoms with Crippen LogP contribution >= 0.6 is 27.5 Å². The molecule has 1 aromatic rings. The first kappa shape index (κ1) is 13.6. The van der Waals surface area contributed by atoms with Gasteiger partial charge in [0.1, 0.15) is 0 Å². The van der Waals surface area contributed by atoms with Crippen LogP contribution in [0.3, 0.4) is 0 Å². The molecule has 96 valence electrons. The van der Waals surface area contributed by atoms with E-state index in [2.05, 4.69) is 32.6 Å². The molecule has 0 fully saturated rings. The lowest BCUT2D eigenvalue weighted by Gasteiger charge is -2.14. The van der Waals surface area contributed by atoms with Crippen LogP contribution in [0.5, 0.6) is 0 Å². The normalized spacial score (nSPS) is 15.1. The molecule has 0 saturated heterocycles. The lowest BCUT2D eigenvalue weighted by Crippen LogP contribution is -2.29. The van der Waals surface area contributed by atoms with Crippen LogP contribution in [0, 0.1) is 0 Å². The summed E-state index contributed by atoms with van der Waals surface area (Å²) >= 11 is 9.35. The molecule has 1 aromatic carbocycles. The van der Waals surface area contributed by atoms with E-state index < -0.39 is 0 Å². The van der Waals surface area contributed by atoms with Crippen molar-refractivity contribution in [2.75, 3.05) is 19.6 Å². The third-order valence-corrected chi connectivity index (χ3v) is 3.62. The Balaban J connectivity index is 1.97. The Labute approximate surface area is 120 Å². The number of halogens is 2. The highest BCUT2D eigenvalue weighted by molar-refractivity contribution is 9.10. The van der Waals surface area contributed by atoms with Crippen LogP contribution in [-0.4, -0.2) is 25.5 Å². The van der Waals surface area contributed by atoms with Crippen LogP contribution < -0.4 is 10.6 Å². The van der Waals surface area contributed by atoms with Crippen molar-refractivity contribution in [3.63, 3.8) is 0 Å². The van der Waals surface area contributed by atoms with Gasteiger partial charge >= 0.3 is 0 Å². The second kappa shape index (κ2) is 6.36. The Morgan fingerprint density at radius 2 is 2.33 bits per heavy atom. The molecule has 1 aliphatic rings. The zero-order chi connectivity index (χ0) is 13.0. The smallest absolute Gasteiger partial charge is 0.253 e. The molecule has 3 nitrogen and oxygen atoms in total. The van der Waals surface area contributed by atoms with Crippen LogP contribution in [0.1, 0.15) is 16.8 Å². The van der Waals surface area contributed by atoms with Gasteiger partial charge in [0.2, 0.25) is 0 Å². The van der Waals surface area contributed by atoms with Crippen LogP contribution in [-0.2, 0) is 0 Å². The van der Waals surface area contributed by atoms with Gasteiger partial charge in [-0.3, -0.25) is 4.79 Å². The number of carbonyl (C=O) groups excluding carboxylic acids is 1. The van der Waals surface area contributed by atoms with Crippen molar-refractivity contribution in [1.82, 2.24) is 10.6 Å². The maximum atomic E-state index is 12.0. The van der Waals surface area contributed by atoms with Crippen molar-refractivity contribution < 1.29 is 4.79 Å². The summed E-state index contributed by atoms with van der Waals surface area (Å²) in [5, 5.41) is 6.59. The Morgan fingerprint density at radius 3 is 3.00 bits per heavy atom. The Hall–Kier alpha value is -0.840. The van der Waals surface area contributed by atoms with Crippen molar-refractivity contribution >= 4 is 33.4 Å². The van der Waals surface area contributed by atoms with Crippen LogP contribution in [0.2, 0.25) is 5.02 Å². The average molecular weight is 330 g/mol. The van der Waals surface area contributed by atoms with Gasteiger partial charge in [-0.15, -0.1) is 0 Å². The van der Waals surface area contributed by atoms with Crippen molar-refractivity contribution in [1.29, 1.82) is 0 Å². The van der Waals surface area contributed by atoms with Crippen molar-refractivity contribution in [2.45, 2.75) is 6.42 Å². The molecule has 18 heavy (non-hydrogen) atoms. The Morgan fingerprint density at radius 1 is 1.50 bits per heavy atom. The van der Waals surface area contributed by atoms with Crippen LogP contribution in [0.15, 0.2) is 34.3 Å². The quantitative estimate of drug-likeness (QED) is 0.837. The summed E-state index contributed by atoms with van der Waals surface area (Å²) in [6.07, 6.45) is 3.10. The van der Waals surface area contributed by atoms with Gasteiger partial charge in [0.05, 0.1) is 10.6 Å². The highest BCUT2D eigenvalue weighted by Gasteiger charge is 2.11. The minimum absolute atomic E-state index is 0.132. The summed E-state index contributed by atoms with van der Waals surface area (Å²) in [7, 11) is 0. The molecule has 0 aliphatic carbocycles. The maximum Gasteiger partial charge on any atom is 0.253 e. The van der Waals surface area contributed by atoms with Gasteiger partial charge in [-0.25, -0.2) is 0 Å². The molecule has 0 unspecified atom stereocenters. The molecule has 0 spiro atoms. The van der Waals surface area contributed by atoms with E-state index >= 15 is 0 Å². The predicted octanol–water partition coefficient (Wildman–Crippen LogP) is 2.75. The summed E-state index contributed by atoms with van der Waals surface area (Å²) in [5.41, 5.74) is 1.77. The van der Waals surface area contributed by atoms with Crippen molar-refractivity contribution in [3.05, 3.63) is 44.9 Å². The summed E-state index contributed by atoms with van der Waals surface area (Å²) in [4.78, 5) is 12.0. The monoisotopic (exact) mass is 328 g/mol. The van der Waals surface area contributed by atoms with E-state index in [-0.39, 0.29) is 5.91 Å². The standard InChI is InChI=1S/C13H14BrClN2O/c14-10-1-2-11(12(15)7-10)13(18)17-8-9-3-5-16-6-4-9/h1-3,7,16H,4-6,8H2,(H,17,18). The van der Waals surface area contributed by atoms with Crippen molar-refractivity contribution in [3.8, 4) is 0 Å². The number of amides is 1. The molecule has 2 rings (SSSR count). The summed E-state index contributed by atoms with van der Waals surface area (Å²) in [6.45, 7) is 2.44. The number of hydrogen-bond donors (Lipinski definition) is 2. The van der Waals surface area contributed by atoms with Gasteiger partial charge < -0.3 is 10.6 Å². The minimum Gasteiger partial charge on any atom is -0.348 e. The second-order valence-corrected chi connectivity index (χ2v) is 5.45. The van der Waals surface area contributed by atoms with E-state index in [9.17, 15) is 4.79 Å². The van der Waals surface area contributed by atoms with Crippen LogP contribution in [0.4, 0.5) is 0 Å². The molecular weight excluding hydrogens is 316 g/mol. The van der Waals surface area contributed by atoms with Gasteiger partial charge in [-0.05, 0) is 31.2 Å². The zero-order valence-corrected chi connectivity index (χ0v) is 12.1. The first-order valence-electron chi connectivity index (χ1n) is 5.78. The fraction of sp³-hybridized carbons (Fsp3) is 0.308. The number of rotatable bonds is 3. The number of nitrogens with one attached hydrogen (secondary N) is 2. The molecule has 5 heteroatoms. The molecule has 0 saturated carbocycles. The number of benzene rings is 1. The molecule has 1 aliphatic heterocycles. The summed E-state index contributed by atoms with van der Waals surface area (Å²) < 4.78 is 0.866. The topological polar surface area (TPSA) is 41.1 Å². The highest BCUT2D eigenvalue weighted by Crippen LogP contribution is 2.21. The highest BCUT2D eigenvalue weighted by atomic mass is 79.9. The van der Waals surface area contributed by atoms with E-state index in [0.29, 0.717) is 17.1 Å². The summed E-state index contributed by atoms with van der Waals surface area (Å²) in [6, 6.07) is 5.25. The van der Waals surface area contributed by atoms with Crippen molar-refractivity contribution in [2.24, 2.45) is 0 Å². The largest absolute Gasteiger partial charge is 0.348 e. The van der Waals surface area contributed by atoms with Crippen LogP contribution in [0.25, 0.3) is 0 Å². The fourth-order valence-corrected chi connectivity index (χ4v) is 2.55. The molecule has 1 amide bonds.